The summed E-state index contributed by atoms with van der Waals surface area (Å²) in [5, 5.41) is 11.5. The van der Waals surface area contributed by atoms with Gasteiger partial charge in [-0.2, -0.15) is 0 Å². The van der Waals surface area contributed by atoms with Gasteiger partial charge in [0.15, 0.2) is 11.6 Å². The highest BCUT2D eigenvalue weighted by atomic mass is 16.5. The highest BCUT2D eigenvalue weighted by molar-refractivity contribution is 6.15. The molecule has 1 aromatic heterocycles. The first kappa shape index (κ1) is 24.3. The van der Waals surface area contributed by atoms with Gasteiger partial charge in [0.1, 0.15) is 5.75 Å². The van der Waals surface area contributed by atoms with Gasteiger partial charge in [-0.15, -0.1) is 0 Å². The predicted octanol–water partition coefficient (Wildman–Crippen LogP) is 6.92. The van der Waals surface area contributed by atoms with Gasteiger partial charge < -0.3 is 14.4 Å². The number of carbonyl (C=O) groups is 2. The third-order valence-electron chi connectivity index (χ3n) is 7.56. The third-order valence-corrected chi connectivity index (χ3v) is 7.56. The molecule has 0 radical (unpaired) electrons. The summed E-state index contributed by atoms with van der Waals surface area (Å²) in [7, 11) is 1.70. The molecule has 1 aliphatic rings. The first-order valence-electron chi connectivity index (χ1n) is 13.0. The minimum atomic E-state index is -0.0963. The third kappa shape index (κ3) is 4.93. The number of carbonyl (C=O) groups excluding carboxylic acids is 2. The lowest BCUT2D eigenvalue weighted by Crippen LogP contribution is -2.04. The van der Waals surface area contributed by atoms with Crippen molar-refractivity contribution in [1.82, 2.24) is 4.57 Å². The van der Waals surface area contributed by atoms with Crippen LogP contribution in [0.25, 0.3) is 21.8 Å². The van der Waals surface area contributed by atoms with E-state index in [1.54, 1.807) is 19.2 Å². The molecule has 3 aromatic carbocycles. The topological polar surface area (TPSA) is 68.5 Å². The second-order valence-electron chi connectivity index (χ2n) is 9.95. The maximum Gasteiger partial charge on any atom is 0.193 e. The van der Waals surface area contributed by atoms with Crippen molar-refractivity contribution in [2.45, 2.75) is 51.5 Å². The Hall–Kier alpha value is -3.44. The maximum absolute atomic E-state index is 13.2. The van der Waals surface area contributed by atoms with Gasteiger partial charge in [0, 0.05) is 65.2 Å². The quantitative estimate of drug-likeness (QED) is 0.196. The molecule has 0 aliphatic heterocycles. The van der Waals surface area contributed by atoms with Crippen molar-refractivity contribution in [2.75, 3.05) is 13.7 Å². The summed E-state index contributed by atoms with van der Waals surface area (Å²) in [5.41, 5.74) is 3.95. The van der Waals surface area contributed by atoms with E-state index in [9.17, 15) is 14.7 Å². The van der Waals surface area contributed by atoms with E-state index in [2.05, 4.69) is 4.57 Å². The van der Waals surface area contributed by atoms with Crippen LogP contribution in [0.4, 0.5) is 0 Å². The van der Waals surface area contributed by atoms with Gasteiger partial charge in [-0.25, -0.2) is 0 Å². The number of aryl methyl sites for hydroxylation is 1. The summed E-state index contributed by atoms with van der Waals surface area (Å²) in [5.74, 6) is 0.918. The van der Waals surface area contributed by atoms with Gasteiger partial charge in [-0.3, -0.25) is 9.59 Å². The number of phenols is 1. The zero-order valence-electron chi connectivity index (χ0n) is 20.8. The number of hydrogen-bond donors (Lipinski definition) is 1. The number of aromatic nitrogens is 1. The highest BCUT2D eigenvalue weighted by Gasteiger charge is 2.19. The fourth-order valence-electron chi connectivity index (χ4n) is 5.58. The number of benzene rings is 3. The Morgan fingerprint density at radius 3 is 2.17 bits per heavy atom. The zero-order chi connectivity index (χ0) is 25.1. The van der Waals surface area contributed by atoms with E-state index in [1.807, 2.05) is 36.4 Å². The number of phenolic OH excluding ortho intramolecular Hbond substituents is 1. The zero-order valence-corrected chi connectivity index (χ0v) is 20.8. The van der Waals surface area contributed by atoms with E-state index in [0.29, 0.717) is 30.1 Å². The number of Topliss-reactive ketones (excluding diaryl/α,β-unsaturated/α-hetero) is 1. The molecule has 5 heteroatoms. The Kier molecular flexibility index (Phi) is 7.19. The van der Waals surface area contributed by atoms with Crippen molar-refractivity contribution in [3.05, 3.63) is 77.4 Å². The van der Waals surface area contributed by atoms with Crippen LogP contribution in [0.15, 0.2) is 60.7 Å². The summed E-state index contributed by atoms with van der Waals surface area (Å²) in [6.45, 7) is 1.45. The lowest BCUT2D eigenvalue weighted by atomic mass is 9.96. The smallest absolute Gasteiger partial charge is 0.193 e. The van der Waals surface area contributed by atoms with E-state index in [1.165, 1.54) is 37.8 Å². The van der Waals surface area contributed by atoms with Crippen LogP contribution >= 0.6 is 0 Å². The second kappa shape index (κ2) is 10.7. The van der Waals surface area contributed by atoms with E-state index in [0.717, 1.165) is 46.8 Å². The number of rotatable bonds is 10. The molecule has 0 spiro atoms. The molecule has 0 saturated heterocycles. The van der Waals surface area contributed by atoms with E-state index in [-0.39, 0.29) is 17.3 Å². The summed E-state index contributed by atoms with van der Waals surface area (Å²) in [6, 6.07) is 18.1. The summed E-state index contributed by atoms with van der Waals surface area (Å²) < 4.78 is 7.53. The van der Waals surface area contributed by atoms with Crippen molar-refractivity contribution in [2.24, 2.45) is 5.92 Å². The number of hydrogen-bond acceptors (Lipinski definition) is 4. The molecule has 1 N–H and O–H groups in total. The van der Waals surface area contributed by atoms with Crippen LogP contribution in [-0.2, 0) is 11.3 Å². The van der Waals surface area contributed by atoms with Crippen molar-refractivity contribution in [3.63, 3.8) is 0 Å². The van der Waals surface area contributed by atoms with Crippen molar-refractivity contribution < 1.29 is 19.4 Å². The monoisotopic (exact) mass is 483 g/mol. The van der Waals surface area contributed by atoms with E-state index in [4.69, 9.17) is 4.74 Å². The minimum Gasteiger partial charge on any atom is -0.508 e. The Bertz CT molecular complexity index is 1390. The first-order chi connectivity index (χ1) is 17.5. The molecule has 1 heterocycles. The number of nitrogens with zero attached hydrogens (tertiary/aromatic N) is 1. The molecule has 1 fully saturated rings. The molecule has 0 amide bonds. The standard InChI is InChI=1S/C31H33NO4/c1-36-18-4-17-32-28-14-10-23(30(34)16-7-21-5-2-3-6-21)19-26(28)27-20-24(11-15-29(27)32)31(35)22-8-12-25(33)13-9-22/h8-15,19-21,33H,2-7,16-18H2,1H3. The molecule has 0 bridgehead atoms. The second-order valence-corrected chi connectivity index (χ2v) is 9.95. The van der Waals surface area contributed by atoms with Crippen molar-refractivity contribution >= 4 is 33.4 Å². The predicted molar refractivity (Wildman–Crippen MR) is 143 cm³/mol. The number of ketones is 2. The molecule has 0 atom stereocenters. The van der Waals surface area contributed by atoms with E-state index >= 15 is 0 Å². The molecule has 1 aliphatic carbocycles. The Morgan fingerprint density at radius 2 is 1.50 bits per heavy atom. The van der Waals surface area contributed by atoms with Gasteiger partial charge in [0.05, 0.1) is 0 Å². The van der Waals surface area contributed by atoms with Gasteiger partial charge in [0.25, 0.3) is 0 Å². The van der Waals surface area contributed by atoms with Crippen LogP contribution < -0.4 is 0 Å². The molecule has 5 rings (SSSR count). The fourth-order valence-corrected chi connectivity index (χ4v) is 5.58. The number of ether oxygens (including phenoxy) is 1. The Balaban J connectivity index is 1.53. The number of methoxy groups -OCH3 is 1. The van der Waals surface area contributed by atoms with Crippen LogP contribution in [0.1, 0.15) is 71.2 Å². The minimum absolute atomic E-state index is 0.0963. The van der Waals surface area contributed by atoms with Crippen LogP contribution in [0, 0.1) is 5.92 Å². The fraction of sp³-hybridized carbons (Fsp3) is 0.355. The van der Waals surface area contributed by atoms with Gasteiger partial charge in [-0.1, -0.05) is 25.7 Å². The summed E-state index contributed by atoms with van der Waals surface area (Å²) >= 11 is 0. The van der Waals surface area contributed by atoms with Gasteiger partial charge in [0.2, 0.25) is 0 Å². The van der Waals surface area contributed by atoms with E-state index < -0.39 is 0 Å². The van der Waals surface area contributed by atoms with Crippen molar-refractivity contribution in [1.29, 1.82) is 0 Å². The molecule has 0 unspecified atom stereocenters. The van der Waals surface area contributed by atoms with Crippen molar-refractivity contribution in [3.8, 4) is 5.75 Å². The van der Waals surface area contributed by atoms with Crippen LogP contribution in [0.5, 0.6) is 5.75 Å². The molecule has 4 aromatic rings. The SMILES string of the molecule is COCCCn1c2ccc(C(=O)CCC3CCCC3)cc2c2cc(C(=O)c3ccc(O)cc3)ccc21. The molecule has 36 heavy (non-hydrogen) atoms. The van der Waals surface area contributed by atoms with Gasteiger partial charge in [-0.05, 0) is 79.4 Å². The maximum atomic E-state index is 13.2. The molecular weight excluding hydrogens is 450 g/mol. The lowest BCUT2D eigenvalue weighted by molar-refractivity contribution is 0.0973. The highest BCUT2D eigenvalue weighted by Crippen LogP contribution is 2.33. The normalized spacial score (nSPS) is 14.1. The van der Waals surface area contributed by atoms with Gasteiger partial charge >= 0.3 is 0 Å². The Labute approximate surface area is 211 Å². The average Bonchev–Trinajstić information content (AvgIpc) is 3.53. The molecule has 186 valence electrons. The Morgan fingerprint density at radius 1 is 0.889 bits per heavy atom. The largest absolute Gasteiger partial charge is 0.508 e. The average molecular weight is 484 g/mol. The van der Waals surface area contributed by atoms with Crippen LogP contribution in [-0.4, -0.2) is 35.0 Å². The summed E-state index contributed by atoms with van der Waals surface area (Å²) in [6.07, 6.45) is 7.51. The van der Waals surface area contributed by atoms with Crippen LogP contribution in [0.2, 0.25) is 0 Å². The number of fused-ring (bicyclic) bond motifs is 3. The molecule has 1 saturated carbocycles. The molecular formula is C31H33NO4. The number of aromatic hydroxyl groups is 1. The van der Waals surface area contributed by atoms with Crippen LogP contribution in [0.3, 0.4) is 0 Å². The summed E-state index contributed by atoms with van der Waals surface area (Å²) in [4.78, 5) is 26.3. The molecule has 5 nitrogen and oxygen atoms in total. The first-order valence-corrected chi connectivity index (χ1v) is 13.0. The lowest BCUT2D eigenvalue weighted by Gasteiger charge is -2.09.